The first-order chi connectivity index (χ1) is 18.2. The number of nitrogens with zero attached hydrogens (tertiary/aromatic N) is 1. The van der Waals surface area contributed by atoms with E-state index in [1.165, 1.54) is 44.7 Å². The van der Waals surface area contributed by atoms with Crippen LogP contribution in [0.15, 0.2) is 132 Å². The van der Waals surface area contributed by atoms with E-state index in [9.17, 15) is 0 Å². The molecule has 2 heteroatoms. The molecule has 3 aromatic rings. The van der Waals surface area contributed by atoms with Gasteiger partial charge in [0.25, 0.3) is 0 Å². The molecule has 1 atom stereocenters. The maximum absolute atomic E-state index is 7.08. The topological polar surface area (TPSA) is 12.5 Å². The lowest BCUT2D eigenvalue weighted by molar-refractivity contribution is 0.00263. The molecule has 0 spiro atoms. The molecule has 3 aromatic carbocycles. The standard InChI is InChI=1S/C35H32NO/c1-3-4-23-36-33(28-17-9-6-10-18-28)32-30(26-13-7-5-8-14-26)24-31(27-15-11-12-16-27)34(32)37-35(36)29-21-19-25(2)20-22-29/h5-22,24,35H,3-4,23H2,1-2H3. The van der Waals surface area contributed by atoms with Gasteiger partial charge < -0.3 is 9.64 Å². The summed E-state index contributed by atoms with van der Waals surface area (Å²) >= 11 is 0. The summed E-state index contributed by atoms with van der Waals surface area (Å²) in [6, 6.07) is 30.4. The summed E-state index contributed by atoms with van der Waals surface area (Å²) < 4.78 is 7.08. The molecule has 1 heterocycles. The van der Waals surface area contributed by atoms with Gasteiger partial charge in [-0.1, -0.05) is 122 Å². The van der Waals surface area contributed by atoms with Gasteiger partial charge in [0.1, 0.15) is 5.76 Å². The van der Waals surface area contributed by atoms with E-state index in [0.29, 0.717) is 0 Å². The minimum absolute atomic E-state index is 0.199. The SMILES string of the molecule is CCCCN1C(c2ccccc2)=C2C(c3ccccc3)=CC(C3=C[CH]C=C3)=C2OC1c1ccc(C)cc1. The molecule has 0 amide bonds. The lowest BCUT2D eigenvalue weighted by Crippen LogP contribution is -2.35. The number of rotatable bonds is 7. The third kappa shape index (κ3) is 4.38. The Bertz CT molecular complexity index is 1440. The Morgan fingerprint density at radius 1 is 0.838 bits per heavy atom. The third-order valence-corrected chi connectivity index (χ3v) is 7.29. The van der Waals surface area contributed by atoms with Crippen molar-refractivity contribution in [3.8, 4) is 0 Å². The van der Waals surface area contributed by atoms with Gasteiger partial charge in [-0.05, 0) is 41.7 Å². The number of ether oxygens (including phenoxy) is 1. The molecule has 183 valence electrons. The van der Waals surface area contributed by atoms with Crippen molar-refractivity contribution in [1.29, 1.82) is 0 Å². The highest BCUT2D eigenvalue weighted by Crippen LogP contribution is 2.52. The van der Waals surface area contributed by atoms with E-state index < -0.39 is 0 Å². The summed E-state index contributed by atoms with van der Waals surface area (Å²) in [5.74, 6) is 0.974. The first-order valence-electron chi connectivity index (χ1n) is 13.3. The lowest BCUT2D eigenvalue weighted by Gasteiger charge is -2.42. The number of benzene rings is 3. The molecule has 0 saturated carbocycles. The van der Waals surface area contributed by atoms with E-state index in [1.807, 2.05) is 0 Å². The van der Waals surface area contributed by atoms with E-state index in [-0.39, 0.29) is 6.23 Å². The molecule has 0 aromatic heterocycles. The van der Waals surface area contributed by atoms with Crippen LogP contribution in [0.5, 0.6) is 0 Å². The first kappa shape index (κ1) is 23.4. The smallest absolute Gasteiger partial charge is 0.198 e. The van der Waals surface area contributed by atoms with Crippen LogP contribution < -0.4 is 0 Å². The number of hydrogen-bond donors (Lipinski definition) is 0. The fourth-order valence-corrected chi connectivity index (χ4v) is 5.39. The van der Waals surface area contributed by atoms with Gasteiger partial charge in [-0.2, -0.15) is 0 Å². The Hall–Kier alpha value is -4.04. The van der Waals surface area contributed by atoms with Gasteiger partial charge in [0.15, 0.2) is 6.23 Å². The van der Waals surface area contributed by atoms with Crippen LogP contribution in [0.3, 0.4) is 0 Å². The Labute approximate surface area is 220 Å². The number of allylic oxidation sites excluding steroid dienone is 7. The highest BCUT2D eigenvalue weighted by atomic mass is 16.5. The maximum atomic E-state index is 7.08. The predicted octanol–water partition coefficient (Wildman–Crippen LogP) is 8.59. The number of unbranched alkanes of at least 4 members (excludes halogenated alkanes) is 1. The normalized spacial score (nSPS) is 18.6. The monoisotopic (exact) mass is 482 g/mol. The number of aryl methyl sites for hydroxylation is 1. The van der Waals surface area contributed by atoms with E-state index in [4.69, 9.17) is 4.74 Å². The molecule has 0 bridgehead atoms. The molecular weight excluding hydrogens is 450 g/mol. The summed E-state index contributed by atoms with van der Waals surface area (Å²) in [5, 5.41) is 0. The average molecular weight is 483 g/mol. The average Bonchev–Trinajstić information content (AvgIpc) is 3.61. The van der Waals surface area contributed by atoms with Crippen LogP contribution in [0.1, 0.15) is 48.2 Å². The van der Waals surface area contributed by atoms with Crippen LogP contribution in [-0.4, -0.2) is 11.4 Å². The van der Waals surface area contributed by atoms with Crippen molar-refractivity contribution in [3.05, 3.63) is 160 Å². The summed E-state index contributed by atoms with van der Waals surface area (Å²) in [5.41, 5.74) is 10.9. The Balaban J connectivity index is 1.63. The third-order valence-electron chi connectivity index (χ3n) is 7.29. The fraction of sp³-hybridized carbons (Fsp3) is 0.171. The zero-order chi connectivity index (χ0) is 25.2. The molecule has 1 unspecified atom stereocenters. The minimum Gasteiger partial charge on any atom is -0.465 e. The van der Waals surface area contributed by atoms with Crippen molar-refractivity contribution in [2.75, 3.05) is 6.54 Å². The molecule has 2 nitrogen and oxygen atoms in total. The highest BCUT2D eigenvalue weighted by Gasteiger charge is 2.40. The van der Waals surface area contributed by atoms with Crippen LogP contribution >= 0.6 is 0 Å². The van der Waals surface area contributed by atoms with Crippen molar-refractivity contribution in [2.24, 2.45) is 0 Å². The summed E-state index contributed by atoms with van der Waals surface area (Å²) in [6.07, 6.45) is 12.9. The summed E-state index contributed by atoms with van der Waals surface area (Å²) in [7, 11) is 0. The Morgan fingerprint density at radius 2 is 1.54 bits per heavy atom. The largest absolute Gasteiger partial charge is 0.465 e. The Kier molecular flexibility index (Phi) is 6.40. The minimum atomic E-state index is -0.199. The van der Waals surface area contributed by atoms with Gasteiger partial charge in [0.2, 0.25) is 0 Å². The number of hydrogen-bond acceptors (Lipinski definition) is 2. The van der Waals surface area contributed by atoms with E-state index in [0.717, 1.165) is 30.7 Å². The van der Waals surface area contributed by atoms with Crippen molar-refractivity contribution >= 4 is 11.3 Å². The van der Waals surface area contributed by atoms with E-state index in [2.05, 4.69) is 134 Å². The molecule has 0 saturated heterocycles. The molecule has 1 radical (unpaired) electrons. The molecule has 6 rings (SSSR count). The van der Waals surface area contributed by atoms with Gasteiger partial charge in [0, 0.05) is 29.7 Å². The molecule has 1 aliphatic heterocycles. The maximum Gasteiger partial charge on any atom is 0.198 e. The zero-order valence-electron chi connectivity index (χ0n) is 21.5. The van der Waals surface area contributed by atoms with Gasteiger partial charge in [0.05, 0.1) is 5.70 Å². The second-order valence-electron chi connectivity index (χ2n) is 9.86. The highest BCUT2D eigenvalue weighted by molar-refractivity contribution is 5.99. The van der Waals surface area contributed by atoms with Crippen molar-refractivity contribution in [3.63, 3.8) is 0 Å². The van der Waals surface area contributed by atoms with Gasteiger partial charge in [-0.25, -0.2) is 0 Å². The van der Waals surface area contributed by atoms with Gasteiger partial charge >= 0.3 is 0 Å². The molecule has 3 aliphatic rings. The van der Waals surface area contributed by atoms with E-state index >= 15 is 0 Å². The molecule has 37 heavy (non-hydrogen) atoms. The second-order valence-corrected chi connectivity index (χ2v) is 9.86. The zero-order valence-corrected chi connectivity index (χ0v) is 21.5. The van der Waals surface area contributed by atoms with Gasteiger partial charge in [-0.15, -0.1) is 0 Å². The van der Waals surface area contributed by atoms with Crippen molar-refractivity contribution in [2.45, 2.75) is 32.9 Å². The molecular formula is C35H32NO. The van der Waals surface area contributed by atoms with Crippen LogP contribution in [0, 0.1) is 13.3 Å². The summed E-state index contributed by atoms with van der Waals surface area (Å²) in [4.78, 5) is 2.49. The quantitative estimate of drug-likeness (QED) is 0.334. The van der Waals surface area contributed by atoms with Crippen LogP contribution in [-0.2, 0) is 4.74 Å². The van der Waals surface area contributed by atoms with E-state index in [1.54, 1.807) is 0 Å². The number of fused-ring (bicyclic) bond motifs is 1. The Morgan fingerprint density at radius 3 is 2.19 bits per heavy atom. The van der Waals surface area contributed by atoms with Crippen LogP contribution in [0.2, 0.25) is 0 Å². The van der Waals surface area contributed by atoms with Crippen LogP contribution in [0.25, 0.3) is 11.3 Å². The molecule has 2 aliphatic carbocycles. The molecule has 0 N–H and O–H groups in total. The lowest BCUT2D eigenvalue weighted by atomic mass is 9.92. The second kappa shape index (κ2) is 10.1. The van der Waals surface area contributed by atoms with Crippen LogP contribution in [0.4, 0.5) is 0 Å². The van der Waals surface area contributed by atoms with Gasteiger partial charge in [-0.3, -0.25) is 0 Å². The first-order valence-corrected chi connectivity index (χ1v) is 13.3. The van der Waals surface area contributed by atoms with Crippen molar-refractivity contribution < 1.29 is 4.74 Å². The van der Waals surface area contributed by atoms with Crippen molar-refractivity contribution in [1.82, 2.24) is 4.90 Å². The summed E-state index contributed by atoms with van der Waals surface area (Å²) in [6.45, 7) is 5.31. The fourth-order valence-electron chi connectivity index (χ4n) is 5.39. The molecule has 0 fully saturated rings. The predicted molar refractivity (Wildman–Crippen MR) is 153 cm³/mol.